The lowest BCUT2D eigenvalue weighted by atomic mass is 10.2. The maximum Gasteiger partial charge on any atom is 0.315 e. The van der Waals surface area contributed by atoms with Gasteiger partial charge in [0.25, 0.3) is 0 Å². The van der Waals surface area contributed by atoms with E-state index in [1.807, 2.05) is 55.4 Å². The molecule has 2 heterocycles. The summed E-state index contributed by atoms with van der Waals surface area (Å²) in [4.78, 5) is 18.1. The van der Waals surface area contributed by atoms with E-state index < -0.39 is 0 Å². The van der Waals surface area contributed by atoms with Gasteiger partial charge in [0.15, 0.2) is 17.6 Å². The molecule has 1 aliphatic rings. The van der Waals surface area contributed by atoms with Crippen molar-refractivity contribution in [2.45, 2.75) is 12.6 Å². The van der Waals surface area contributed by atoms with Crippen LogP contribution in [0.2, 0.25) is 0 Å². The van der Waals surface area contributed by atoms with E-state index in [0.29, 0.717) is 25.4 Å². The Morgan fingerprint density at radius 3 is 2.84 bits per heavy atom. The van der Waals surface area contributed by atoms with Crippen molar-refractivity contribution in [3.63, 3.8) is 0 Å². The highest BCUT2D eigenvalue weighted by Crippen LogP contribution is 2.30. The standard InChI is InChI=1S/C18H22N4O3/c1-22(2)17-9-13(7-8-19-17)10-20-18(23)21-11-14-12-24-15-5-3-4-6-16(15)25-14/h3-9,14H,10-12H2,1-2H3,(H2,20,21,23)/t14-/m0/s1. The molecule has 0 unspecified atom stereocenters. The predicted octanol–water partition coefficient (Wildman–Crippen LogP) is 1.79. The van der Waals surface area contributed by atoms with E-state index in [0.717, 1.165) is 17.1 Å². The molecule has 0 fully saturated rings. The fraction of sp³-hybridized carbons (Fsp3) is 0.333. The van der Waals surface area contributed by atoms with Crippen LogP contribution in [0.3, 0.4) is 0 Å². The first kappa shape index (κ1) is 16.9. The first-order chi connectivity index (χ1) is 12.1. The van der Waals surface area contributed by atoms with Gasteiger partial charge in [0, 0.05) is 26.8 Å². The maximum atomic E-state index is 12.0. The summed E-state index contributed by atoms with van der Waals surface area (Å²) in [5.41, 5.74) is 0.986. The second-order valence-corrected chi connectivity index (χ2v) is 5.98. The molecule has 1 atom stereocenters. The molecule has 7 nitrogen and oxygen atoms in total. The van der Waals surface area contributed by atoms with Crippen LogP contribution in [0.5, 0.6) is 11.5 Å². The van der Waals surface area contributed by atoms with Gasteiger partial charge in [-0.05, 0) is 29.8 Å². The summed E-state index contributed by atoms with van der Waals surface area (Å²) < 4.78 is 11.4. The smallest absolute Gasteiger partial charge is 0.315 e. The molecular weight excluding hydrogens is 320 g/mol. The van der Waals surface area contributed by atoms with Crippen molar-refractivity contribution in [1.29, 1.82) is 0 Å². The van der Waals surface area contributed by atoms with Gasteiger partial charge in [0.05, 0.1) is 6.54 Å². The third-order valence-electron chi connectivity index (χ3n) is 3.78. The van der Waals surface area contributed by atoms with E-state index in [1.54, 1.807) is 6.20 Å². The summed E-state index contributed by atoms with van der Waals surface area (Å²) >= 11 is 0. The van der Waals surface area contributed by atoms with E-state index in [-0.39, 0.29) is 12.1 Å². The van der Waals surface area contributed by atoms with Gasteiger partial charge in [0.2, 0.25) is 0 Å². The van der Waals surface area contributed by atoms with Crippen molar-refractivity contribution in [2.75, 3.05) is 32.1 Å². The Kier molecular flexibility index (Phi) is 5.23. The third kappa shape index (κ3) is 4.53. The van der Waals surface area contributed by atoms with Crippen molar-refractivity contribution in [3.8, 4) is 11.5 Å². The highest BCUT2D eigenvalue weighted by Gasteiger charge is 2.20. The molecule has 1 aromatic carbocycles. The summed E-state index contributed by atoms with van der Waals surface area (Å²) in [7, 11) is 3.85. The molecule has 3 rings (SSSR count). The lowest BCUT2D eigenvalue weighted by molar-refractivity contribution is 0.0918. The number of carbonyl (C=O) groups excluding carboxylic acids is 1. The number of rotatable bonds is 5. The van der Waals surface area contributed by atoms with Gasteiger partial charge in [-0.25, -0.2) is 9.78 Å². The molecule has 7 heteroatoms. The molecule has 2 amide bonds. The lowest BCUT2D eigenvalue weighted by Gasteiger charge is -2.26. The van der Waals surface area contributed by atoms with Crippen molar-refractivity contribution in [1.82, 2.24) is 15.6 Å². The van der Waals surface area contributed by atoms with Gasteiger partial charge >= 0.3 is 6.03 Å². The van der Waals surface area contributed by atoms with Gasteiger partial charge in [-0.1, -0.05) is 12.1 Å². The zero-order valence-corrected chi connectivity index (χ0v) is 14.4. The highest BCUT2D eigenvalue weighted by molar-refractivity contribution is 5.73. The molecule has 2 N–H and O–H groups in total. The van der Waals surface area contributed by atoms with Crippen LogP contribution in [0.25, 0.3) is 0 Å². The minimum absolute atomic E-state index is 0.207. The minimum Gasteiger partial charge on any atom is -0.486 e. The van der Waals surface area contributed by atoms with Crippen LogP contribution in [0.1, 0.15) is 5.56 Å². The molecule has 1 aromatic heterocycles. The van der Waals surface area contributed by atoms with Crippen molar-refractivity contribution in [3.05, 3.63) is 48.2 Å². The number of hydrogen-bond donors (Lipinski definition) is 2. The number of anilines is 1. The SMILES string of the molecule is CN(C)c1cc(CNC(=O)NC[C@H]2COc3ccccc3O2)ccn1. The zero-order chi connectivity index (χ0) is 17.6. The number of nitrogens with zero attached hydrogens (tertiary/aromatic N) is 2. The van der Waals surface area contributed by atoms with Gasteiger partial charge in [-0.15, -0.1) is 0 Å². The van der Waals surface area contributed by atoms with E-state index in [1.165, 1.54) is 0 Å². The van der Waals surface area contributed by atoms with E-state index in [2.05, 4.69) is 15.6 Å². The van der Waals surface area contributed by atoms with E-state index >= 15 is 0 Å². The second-order valence-electron chi connectivity index (χ2n) is 5.98. The molecular formula is C18H22N4O3. The normalized spacial score (nSPS) is 15.4. The predicted molar refractivity (Wildman–Crippen MR) is 95.2 cm³/mol. The summed E-state index contributed by atoms with van der Waals surface area (Å²) in [5, 5.41) is 5.64. The molecule has 0 saturated heterocycles. The number of hydrogen-bond acceptors (Lipinski definition) is 5. The number of aromatic nitrogens is 1. The van der Waals surface area contributed by atoms with Gasteiger partial charge in [-0.3, -0.25) is 0 Å². The highest BCUT2D eigenvalue weighted by atomic mass is 16.6. The summed E-state index contributed by atoms with van der Waals surface area (Å²) in [6, 6.07) is 11.1. The monoisotopic (exact) mass is 342 g/mol. The molecule has 1 aliphatic heterocycles. The van der Waals surface area contributed by atoms with Crippen LogP contribution in [0.15, 0.2) is 42.6 Å². The first-order valence-corrected chi connectivity index (χ1v) is 8.14. The second kappa shape index (κ2) is 7.74. The van der Waals surface area contributed by atoms with Gasteiger partial charge < -0.3 is 25.0 Å². The number of urea groups is 1. The number of ether oxygens (including phenoxy) is 2. The number of para-hydroxylation sites is 2. The maximum absolute atomic E-state index is 12.0. The van der Waals surface area contributed by atoms with Gasteiger partial charge in [-0.2, -0.15) is 0 Å². The molecule has 0 spiro atoms. The first-order valence-electron chi connectivity index (χ1n) is 8.14. The Balaban J connectivity index is 1.44. The van der Waals surface area contributed by atoms with Crippen LogP contribution in [0, 0.1) is 0 Å². The Morgan fingerprint density at radius 1 is 1.24 bits per heavy atom. The van der Waals surface area contributed by atoms with E-state index in [9.17, 15) is 4.79 Å². The molecule has 25 heavy (non-hydrogen) atoms. The number of amides is 2. The number of benzene rings is 1. The Morgan fingerprint density at radius 2 is 2.04 bits per heavy atom. The fourth-order valence-electron chi connectivity index (χ4n) is 2.43. The Hall–Kier alpha value is -2.96. The largest absolute Gasteiger partial charge is 0.486 e. The molecule has 0 radical (unpaired) electrons. The van der Waals surface area contributed by atoms with Crippen LogP contribution >= 0.6 is 0 Å². The molecule has 132 valence electrons. The fourth-order valence-corrected chi connectivity index (χ4v) is 2.43. The lowest BCUT2D eigenvalue weighted by Crippen LogP contribution is -2.44. The van der Waals surface area contributed by atoms with Crippen LogP contribution in [-0.4, -0.2) is 44.4 Å². The summed E-state index contributed by atoms with van der Waals surface area (Å²) in [5.74, 6) is 2.29. The Bertz CT molecular complexity index is 736. The summed E-state index contributed by atoms with van der Waals surface area (Å²) in [6.45, 7) is 1.22. The number of pyridine rings is 1. The minimum atomic E-state index is -0.245. The Labute approximate surface area is 147 Å². The van der Waals surface area contributed by atoms with Crippen molar-refractivity contribution >= 4 is 11.8 Å². The molecule has 0 aliphatic carbocycles. The third-order valence-corrected chi connectivity index (χ3v) is 3.78. The molecule has 2 aromatic rings. The average molecular weight is 342 g/mol. The zero-order valence-electron chi connectivity index (χ0n) is 14.4. The number of carbonyl (C=O) groups is 1. The van der Waals surface area contributed by atoms with E-state index in [4.69, 9.17) is 9.47 Å². The van der Waals surface area contributed by atoms with Crippen LogP contribution in [-0.2, 0) is 6.54 Å². The van der Waals surface area contributed by atoms with Crippen LogP contribution in [0.4, 0.5) is 10.6 Å². The number of nitrogens with one attached hydrogen (secondary N) is 2. The van der Waals surface area contributed by atoms with Crippen molar-refractivity contribution < 1.29 is 14.3 Å². The topological polar surface area (TPSA) is 75.7 Å². The number of fused-ring (bicyclic) bond motifs is 1. The van der Waals surface area contributed by atoms with Gasteiger partial charge in [0.1, 0.15) is 12.4 Å². The quantitative estimate of drug-likeness (QED) is 0.866. The average Bonchev–Trinajstić information content (AvgIpc) is 2.64. The summed E-state index contributed by atoms with van der Waals surface area (Å²) in [6.07, 6.45) is 1.52. The van der Waals surface area contributed by atoms with Crippen LogP contribution < -0.4 is 25.0 Å². The molecule has 0 bridgehead atoms. The van der Waals surface area contributed by atoms with Crippen molar-refractivity contribution in [2.24, 2.45) is 0 Å². The molecule has 0 saturated carbocycles.